The zero-order chi connectivity index (χ0) is 14.8. The van der Waals surface area contributed by atoms with E-state index in [1.165, 1.54) is 0 Å². The highest BCUT2D eigenvalue weighted by atomic mass is 16.2. The molecular weight excluding hydrogens is 270 g/mol. The van der Waals surface area contributed by atoms with Gasteiger partial charge in [0.05, 0.1) is 5.69 Å². The Morgan fingerprint density at radius 3 is 3.24 bits per heavy atom. The molecule has 2 N–H and O–H groups in total. The van der Waals surface area contributed by atoms with E-state index in [4.69, 9.17) is 0 Å². The molecule has 0 unspecified atom stereocenters. The van der Waals surface area contributed by atoms with E-state index in [0.29, 0.717) is 13.1 Å². The molecule has 2 aliphatic rings. The molecule has 0 radical (unpaired) electrons. The number of urea groups is 1. The Morgan fingerprint density at radius 1 is 1.57 bits per heavy atom. The SMILES string of the molecule is Cc1cn2c(n1)CC[C@@H](NC(=O)CN1CCCNC1=O)C2. The average molecular weight is 291 g/mol. The molecule has 0 aliphatic carbocycles. The van der Waals surface area contributed by atoms with Gasteiger partial charge in [-0.05, 0) is 19.8 Å². The van der Waals surface area contributed by atoms with Crippen LogP contribution in [0, 0.1) is 6.92 Å². The highest BCUT2D eigenvalue weighted by Gasteiger charge is 2.24. The van der Waals surface area contributed by atoms with Gasteiger partial charge in [0.2, 0.25) is 5.91 Å². The number of fused-ring (bicyclic) bond motifs is 1. The van der Waals surface area contributed by atoms with Crippen molar-refractivity contribution in [3.8, 4) is 0 Å². The highest BCUT2D eigenvalue weighted by Crippen LogP contribution is 2.15. The lowest BCUT2D eigenvalue weighted by Crippen LogP contribution is -2.52. The molecule has 1 atom stereocenters. The van der Waals surface area contributed by atoms with Crippen LogP contribution in [-0.4, -0.2) is 52.1 Å². The maximum Gasteiger partial charge on any atom is 0.317 e. The van der Waals surface area contributed by atoms with Gasteiger partial charge in [0.25, 0.3) is 0 Å². The molecule has 0 saturated carbocycles. The van der Waals surface area contributed by atoms with Crippen molar-refractivity contribution in [2.24, 2.45) is 0 Å². The third kappa shape index (κ3) is 3.17. The quantitative estimate of drug-likeness (QED) is 0.825. The molecule has 7 nitrogen and oxygen atoms in total. The van der Waals surface area contributed by atoms with Crippen molar-refractivity contribution in [1.29, 1.82) is 0 Å². The molecule has 0 bridgehead atoms. The van der Waals surface area contributed by atoms with Crippen LogP contribution >= 0.6 is 0 Å². The van der Waals surface area contributed by atoms with Crippen molar-refractivity contribution >= 4 is 11.9 Å². The summed E-state index contributed by atoms with van der Waals surface area (Å²) in [4.78, 5) is 29.7. The van der Waals surface area contributed by atoms with Crippen LogP contribution in [-0.2, 0) is 17.8 Å². The molecule has 1 aromatic rings. The number of carbonyl (C=O) groups is 2. The summed E-state index contributed by atoms with van der Waals surface area (Å²) in [6.07, 6.45) is 4.68. The maximum absolute atomic E-state index is 12.1. The fourth-order valence-corrected chi connectivity index (χ4v) is 2.98. The molecule has 1 fully saturated rings. The number of aromatic nitrogens is 2. The zero-order valence-corrected chi connectivity index (χ0v) is 12.3. The van der Waals surface area contributed by atoms with Gasteiger partial charge in [0, 0.05) is 38.3 Å². The van der Waals surface area contributed by atoms with Gasteiger partial charge in [-0.15, -0.1) is 0 Å². The first kappa shape index (κ1) is 13.9. The van der Waals surface area contributed by atoms with E-state index in [1.54, 1.807) is 4.90 Å². The third-order valence-electron chi connectivity index (χ3n) is 3.98. The molecule has 2 aliphatic heterocycles. The summed E-state index contributed by atoms with van der Waals surface area (Å²) in [5, 5.41) is 5.78. The Bertz CT molecular complexity index is 554. The Labute approximate surface area is 123 Å². The van der Waals surface area contributed by atoms with Gasteiger partial charge in [-0.3, -0.25) is 4.79 Å². The van der Waals surface area contributed by atoms with Gasteiger partial charge in [-0.2, -0.15) is 0 Å². The molecule has 7 heteroatoms. The van der Waals surface area contributed by atoms with Crippen LogP contribution < -0.4 is 10.6 Å². The minimum absolute atomic E-state index is 0.0858. The highest BCUT2D eigenvalue weighted by molar-refractivity contribution is 5.84. The van der Waals surface area contributed by atoms with Crippen LogP contribution in [0.2, 0.25) is 0 Å². The van der Waals surface area contributed by atoms with Crippen LogP contribution in [0.5, 0.6) is 0 Å². The molecule has 114 valence electrons. The molecule has 3 amide bonds. The van der Waals surface area contributed by atoms with Crippen LogP contribution in [0.3, 0.4) is 0 Å². The molecule has 21 heavy (non-hydrogen) atoms. The van der Waals surface area contributed by atoms with Crippen molar-refractivity contribution in [1.82, 2.24) is 25.1 Å². The Balaban J connectivity index is 1.52. The van der Waals surface area contributed by atoms with Crippen molar-refractivity contribution in [2.75, 3.05) is 19.6 Å². The summed E-state index contributed by atoms with van der Waals surface area (Å²) < 4.78 is 2.11. The Kier molecular flexibility index (Phi) is 3.81. The number of hydrogen-bond acceptors (Lipinski definition) is 3. The minimum Gasteiger partial charge on any atom is -0.350 e. The first-order valence-electron chi connectivity index (χ1n) is 7.46. The minimum atomic E-state index is -0.146. The van der Waals surface area contributed by atoms with Gasteiger partial charge in [0.1, 0.15) is 12.4 Å². The second kappa shape index (κ2) is 5.75. The van der Waals surface area contributed by atoms with E-state index in [9.17, 15) is 9.59 Å². The number of imidazole rings is 1. The predicted molar refractivity (Wildman–Crippen MR) is 76.8 cm³/mol. The van der Waals surface area contributed by atoms with E-state index in [2.05, 4.69) is 20.2 Å². The second-order valence-electron chi connectivity index (χ2n) is 5.76. The average Bonchev–Trinajstić information content (AvgIpc) is 2.80. The second-order valence-corrected chi connectivity index (χ2v) is 5.76. The van der Waals surface area contributed by atoms with E-state index in [0.717, 1.165) is 37.3 Å². The number of carbonyl (C=O) groups excluding carboxylic acids is 2. The van der Waals surface area contributed by atoms with Crippen molar-refractivity contribution < 1.29 is 9.59 Å². The largest absolute Gasteiger partial charge is 0.350 e. The normalized spacial score (nSPS) is 21.7. The predicted octanol–water partition coefficient (Wildman–Crippen LogP) is 0.0378. The van der Waals surface area contributed by atoms with E-state index in [1.807, 2.05) is 13.1 Å². The van der Waals surface area contributed by atoms with Crippen LogP contribution in [0.25, 0.3) is 0 Å². The lowest BCUT2D eigenvalue weighted by molar-refractivity contribution is -0.122. The molecule has 1 aromatic heterocycles. The molecule has 0 aromatic carbocycles. The number of nitrogens with one attached hydrogen (secondary N) is 2. The number of rotatable bonds is 3. The first-order chi connectivity index (χ1) is 10.1. The van der Waals surface area contributed by atoms with Crippen molar-refractivity contribution in [2.45, 2.75) is 38.8 Å². The summed E-state index contributed by atoms with van der Waals surface area (Å²) in [7, 11) is 0. The topological polar surface area (TPSA) is 79.3 Å². The van der Waals surface area contributed by atoms with E-state index >= 15 is 0 Å². The van der Waals surface area contributed by atoms with Gasteiger partial charge in [-0.25, -0.2) is 9.78 Å². The zero-order valence-electron chi connectivity index (χ0n) is 12.3. The van der Waals surface area contributed by atoms with Gasteiger partial charge < -0.3 is 20.1 Å². The number of amides is 3. The van der Waals surface area contributed by atoms with Gasteiger partial charge in [0.15, 0.2) is 0 Å². The third-order valence-corrected chi connectivity index (χ3v) is 3.98. The van der Waals surface area contributed by atoms with Crippen LogP contribution in [0.15, 0.2) is 6.20 Å². The molecule has 3 rings (SSSR count). The lowest BCUT2D eigenvalue weighted by Gasteiger charge is -2.29. The first-order valence-corrected chi connectivity index (χ1v) is 7.46. The van der Waals surface area contributed by atoms with E-state index in [-0.39, 0.29) is 24.5 Å². The smallest absolute Gasteiger partial charge is 0.317 e. The summed E-state index contributed by atoms with van der Waals surface area (Å²) in [6, 6.07) is -0.0287. The Hall–Kier alpha value is -2.05. The number of aryl methyl sites for hydroxylation is 2. The number of hydrogen-bond donors (Lipinski definition) is 2. The lowest BCUT2D eigenvalue weighted by atomic mass is 10.1. The fourth-order valence-electron chi connectivity index (χ4n) is 2.98. The van der Waals surface area contributed by atoms with E-state index < -0.39 is 0 Å². The molecule has 3 heterocycles. The number of nitrogens with zero attached hydrogens (tertiary/aromatic N) is 3. The summed E-state index contributed by atoms with van der Waals surface area (Å²) in [5.74, 6) is 1.01. The molecule has 1 saturated heterocycles. The molecular formula is C14H21N5O2. The summed E-state index contributed by atoms with van der Waals surface area (Å²) in [6.45, 7) is 4.22. The van der Waals surface area contributed by atoms with Crippen LogP contribution in [0.4, 0.5) is 4.79 Å². The maximum atomic E-state index is 12.1. The monoisotopic (exact) mass is 291 g/mol. The fraction of sp³-hybridized carbons (Fsp3) is 0.643. The van der Waals surface area contributed by atoms with Crippen molar-refractivity contribution in [3.63, 3.8) is 0 Å². The van der Waals surface area contributed by atoms with Gasteiger partial charge >= 0.3 is 6.03 Å². The molecule has 0 spiro atoms. The standard InChI is InChI=1S/C14H21N5O2/c1-10-7-19-8-11(3-4-12(19)16-10)17-13(20)9-18-6-2-5-15-14(18)21/h7,11H,2-6,8-9H2,1H3,(H,15,21)(H,17,20)/t11-/m1/s1. The summed E-state index contributed by atoms with van der Waals surface area (Å²) in [5.41, 5.74) is 1.02. The van der Waals surface area contributed by atoms with Gasteiger partial charge in [-0.1, -0.05) is 0 Å². The summed E-state index contributed by atoms with van der Waals surface area (Å²) >= 11 is 0. The van der Waals surface area contributed by atoms with Crippen LogP contribution in [0.1, 0.15) is 24.4 Å². The Morgan fingerprint density at radius 2 is 2.43 bits per heavy atom. The van der Waals surface area contributed by atoms with Crippen molar-refractivity contribution in [3.05, 3.63) is 17.7 Å².